The molecular weight excluding hydrogens is 367 g/mol. The van der Waals surface area contributed by atoms with Crippen LogP contribution in [0.3, 0.4) is 0 Å². The normalized spacial score (nSPS) is 26.8. The smallest absolute Gasteiger partial charge is 0.128 e. The Bertz CT molecular complexity index is 394. The zero-order valence-electron chi connectivity index (χ0n) is 10.0. The summed E-state index contributed by atoms with van der Waals surface area (Å²) >= 11 is 6.80. The van der Waals surface area contributed by atoms with Crippen LogP contribution in [0.25, 0.3) is 0 Å². The van der Waals surface area contributed by atoms with Gasteiger partial charge < -0.3 is 9.47 Å². The van der Waals surface area contributed by atoms with E-state index in [2.05, 4.69) is 38.8 Å². The highest BCUT2D eigenvalue weighted by atomic mass is 79.9. The number of ether oxygens (including phenoxy) is 2. The van der Waals surface area contributed by atoms with E-state index >= 15 is 0 Å². The van der Waals surface area contributed by atoms with E-state index < -0.39 is 0 Å². The van der Waals surface area contributed by atoms with E-state index in [4.69, 9.17) is 9.47 Å². The van der Waals surface area contributed by atoms with Crippen LogP contribution in [-0.4, -0.2) is 23.6 Å². The Kier molecular flexibility index (Phi) is 5.04. The predicted octanol–water partition coefficient (Wildman–Crippen LogP) is 4.30. The first-order chi connectivity index (χ1) is 8.60. The average molecular weight is 382 g/mol. The number of benzene rings is 1. The van der Waals surface area contributed by atoms with Crippen molar-refractivity contribution in [3.63, 3.8) is 0 Å². The van der Waals surface area contributed by atoms with Crippen LogP contribution in [0.1, 0.15) is 19.8 Å². The molecule has 0 bridgehead atoms. The standard InChI is InChI=1S/C13H15Br2FO2/c1-2-3-17-13-11(15)7-12(13)18-10-5-8(14)4-9(16)6-10/h4-6,11-13H,2-3,7H2,1H3. The van der Waals surface area contributed by atoms with Crippen molar-refractivity contribution < 1.29 is 13.9 Å². The summed E-state index contributed by atoms with van der Waals surface area (Å²) in [7, 11) is 0. The summed E-state index contributed by atoms with van der Waals surface area (Å²) in [5.74, 6) is 0.233. The Labute approximate surface area is 123 Å². The van der Waals surface area contributed by atoms with Gasteiger partial charge in [-0.2, -0.15) is 0 Å². The maximum absolute atomic E-state index is 13.2. The molecule has 0 radical (unpaired) electrons. The molecule has 1 aromatic rings. The lowest BCUT2D eigenvalue weighted by Crippen LogP contribution is -2.52. The van der Waals surface area contributed by atoms with Gasteiger partial charge in [-0.1, -0.05) is 38.8 Å². The Balaban J connectivity index is 1.96. The van der Waals surface area contributed by atoms with E-state index in [-0.39, 0.29) is 18.0 Å². The second-order valence-electron chi connectivity index (χ2n) is 4.35. The van der Waals surface area contributed by atoms with Gasteiger partial charge in [0.25, 0.3) is 0 Å². The lowest BCUT2D eigenvalue weighted by atomic mass is 9.91. The monoisotopic (exact) mass is 380 g/mol. The molecule has 18 heavy (non-hydrogen) atoms. The highest BCUT2D eigenvalue weighted by Crippen LogP contribution is 2.35. The van der Waals surface area contributed by atoms with Crippen LogP contribution in [0.5, 0.6) is 5.75 Å². The molecule has 0 aromatic heterocycles. The van der Waals surface area contributed by atoms with Crippen molar-refractivity contribution in [1.82, 2.24) is 0 Å². The fourth-order valence-electron chi connectivity index (χ4n) is 1.88. The number of rotatable bonds is 5. The van der Waals surface area contributed by atoms with Crippen LogP contribution in [0.4, 0.5) is 4.39 Å². The summed E-state index contributed by atoms with van der Waals surface area (Å²) in [6.07, 6.45) is 1.90. The van der Waals surface area contributed by atoms with Crippen molar-refractivity contribution in [3.8, 4) is 5.75 Å². The molecule has 0 saturated heterocycles. The third-order valence-electron chi connectivity index (χ3n) is 2.82. The van der Waals surface area contributed by atoms with Crippen molar-refractivity contribution in [2.24, 2.45) is 0 Å². The fourth-order valence-corrected chi connectivity index (χ4v) is 3.19. The number of alkyl halides is 1. The van der Waals surface area contributed by atoms with Gasteiger partial charge in [0.15, 0.2) is 0 Å². The van der Waals surface area contributed by atoms with E-state index in [0.717, 1.165) is 19.4 Å². The van der Waals surface area contributed by atoms with Crippen molar-refractivity contribution in [2.75, 3.05) is 6.61 Å². The minimum Gasteiger partial charge on any atom is -0.487 e. The number of halogens is 3. The largest absolute Gasteiger partial charge is 0.487 e. The molecule has 1 aliphatic rings. The summed E-state index contributed by atoms with van der Waals surface area (Å²) < 4.78 is 25.4. The molecule has 2 nitrogen and oxygen atoms in total. The van der Waals surface area contributed by atoms with Crippen LogP contribution in [0, 0.1) is 5.82 Å². The Morgan fingerprint density at radius 3 is 2.78 bits per heavy atom. The maximum atomic E-state index is 13.2. The van der Waals surface area contributed by atoms with Gasteiger partial charge in [0.05, 0.1) is 0 Å². The van der Waals surface area contributed by atoms with Crippen LogP contribution in [-0.2, 0) is 4.74 Å². The quantitative estimate of drug-likeness (QED) is 0.708. The Morgan fingerprint density at radius 1 is 1.39 bits per heavy atom. The average Bonchev–Trinajstić information content (AvgIpc) is 2.27. The van der Waals surface area contributed by atoms with Crippen LogP contribution in [0.2, 0.25) is 0 Å². The predicted molar refractivity (Wildman–Crippen MR) is 75.9 cm³/mol. The molecule has 1 fully saturated rings. The molecule has 2 rings (SSSR count). The molecule has 1 saturated carbocycles. The van der Waals surface area contributed by atoms with Gasteiger partial charge >= 0.3 is 0 Å². The molecule has 3 atom stereocenters. The van der Waals surface area contributed by atoms with E-state index in [0.29, 0.717) is 15.0 Å². The highest BCUT2D eigenvalue weighted by Gasteiger charge is 2.42. The second kappa shape index (κ2) is 6.35. The number of hydrogen-bond donors (Lipinski definition) is 0. The Hall–Kier alpha value is -0.130. The Morgan fingerprint density at radius 2 is 2.17 bits per heavy atom. The van der Waals surface area contributed by atoms with Crippen molar-refractivity contribution in [1.29, 1.82) is 0 Å². The van der Waals surface area contributed by atoms with Gasteiger partial charge in [-0.3, -0.25) is 0 Å². The first-order valence-corrected chi connectivity index (χ1v) is 7.69. The van der Waals surface area contributed by atoms with Crippen LogP contribution < -0.4 is 4.74 Å². The van der Waals surface area contributed by atoms with Gasteiger partial charge in [-0.05, 0) is 18.6 Å². The molecule has 3 unspecified atom stereocenters. The molecule has 0 N–H and O–H groups in total. The van der Waals surface area contributed by atoms with Gasteiger partial charge in [0.2, 0.25) is 0 Å². The third kappa shape index (κ3) is 3.45. The maximum Gasteiger partial charge on any atom is 0.128 e. The first kappa shape index (κ1) is 14.3. The molecule has 0 amide bonds. The minimum absolute atomic E-state index is 0.00498. The molecule has 5 heteroatoms. The molecule has 0 aliphatic heterocycles. The molecule has 1 aromatic carbocycles. The van der Waals surface area contributed by atoms with E-state index in [9.17, 15) is 4.39 Å². The molecule has 0 heterocycles. The minimum atomic E-state index is -0.305. The van der Waals surface area contributed by atoms with Crippen molar-refractivity contribution >= 4 is 31.9 Å². The zero-order chi connectivity index (χ0) is 13.1. The lowest BCUT2D eigenvalue weighted by molar-refractivity contribution is -0.0763. The molecular formula is C13H15Br2FO2. The molecule has 0 spiro atoms. The van der Waals surface area contributed by atoms with Crippen molar-refractivity contribution in [3.05, 3.63) is 28.5 Å². The summed E-state index contributed by atoms with van der Waals surface area (Å²) in [6, 6.07) is 4.57. The van der Waals surface area contributed by atoms with Gasteiger partial charge in [0, 0.05) is 28.4 Å². The van der Waals surface area contributed by atoms with E-state index in [1.807, 2.05) is 0 Å². The first-order valence-electron chi connectivity index (χ1n) is 5.98. The zero-order valence-corrected chi connectivity index (χ0v) is 13.2. The van der Waals surface area contributed by atoms with E-state index in [1.165, 1.54) is 12.1 Å². The van der Waals surface area contributed by atoms with Gasteiger partial charge in [-0.15, -0.1) is 0 Å². The van der Waals surface area contributed by atoms with Crippen molar-refractivity contribution in [2.45, 2.75) is 36.8 Å². The second-order valence-corrected chi connectivity index (χ2v) is 6.44. The summed E-state index contributed by atoms with van der Waals surface area (Å²) in [5, 5.41) is 0. The molecule has 1 aliphatic carbocycles. The van der Waals surface area contributed by atoms with Crippen LogP contribution in [0.15, 0.2) is 22.7 Å². The van der Waals surface area contributed by atoms with Gasteiger partial charge in [0.1, 0.15) is 23.8 Å². The summed E-state index contributed by atoms with van der Waals surface area (Å²) in [6.45, 7) is 2.79. The highest BCUT2D eigenvalue weighted by molar-refractivity contribution is 9.10. The number of hydrogen-bond acceptors (Lipinski definition) is 2. The van der Waals surface area contributed by atoms with Crippen LogP contribution >= 0.6 is 31.9 Å². The van der Waals surface area contributed by atoms with Gasteiger partial charge in [-0.25, -0.2) is 4.39 Å². The lowest BCUT2D eigenvalue weighted by Gasteiger charge is -2.40. The fraction of sp³-hybridized carbons (Fsp3) is 0.538. The summed E-state index contributed by atoms with van der Waals surface area (Å²) in [4.78, 5) is 0.325. The summed E-state index contributed by atoms with van der Waals surface area (Å²) in [5.41, 5.74) is 0. The van der Waals surface area contributed by atoms with E-state index in [1.54, 1.807) is 6.07 Å². The molecule has 100 valence electrons. The topological polar surface area (TPSA) is 18.5 Å². The third-order valence-corrected chi connectivity index (χ3v) is 4.17. The SMILES string of the molecule is CCCOC1C(Br)CC1Oc1cc(F)cc(Br)c1.